The van der Waals surface area contributed by atoms with Crippen LogP contribution in [-0.4, -0.2) is 32.4 Å². The summed E-state index contributed by atoms with van der Waals surface area (Å²) in [5.41, 5.74) is 2.18. The zero-order valence-corrected chi connectivity index (χ0v) is 13.4. The van der Waals surface area contributed by atoms with Gasteiger partial charge in [-0.05, 0) is 29.5 Å². The Kier molecular flexibility index (Phi) is 4.12. The van der Waals surface area contributed by atoms with Crippen LogP contribution < -0.4 is 0 Å². The Morgan fingerprint density at radius 1 is 1.24 bits per heavy atom. The average Bonchev–Trinajstić information content (AvgIpc) is 3.03. The van der Waals surface area contributed by atoms with Gasteiger partial charge in [-0.3, -0.25) is 0 Å². The molecular weight excluding hydrogens is 306 g/mol. The van der Waals surface area contributed by atoms with E-state index >= 15 is 0 Å². The maximum atomic E-state index is 12.6. The first kappa shape index (κ1) is 14.7. The molecule has 2 aromatic rings. The summed E-state index contributed by atoms with van der Waals surface area (Å²) in [5, 5.41) is 1.78. The van der Waals surface area contributed by atoms with Crippen molar-refractivity contribution in [2.45, 2.75) is 17.2 Å². The minimum atomic E-state index is -3.40. The van der Waals surface area contributed by atoms with Gasteiger partial charge in [0.15, 0.2) is 0 Å². The second kappa shape index (κ2) is 5.88. The summed E-state index contributed by atoms with van der Waals surface area (Å²) in [6.45, 7) is 3.21. The predicted octanol–water partition coefficient (Wildman–Crippen LogP) is 2.82. The Balaban J connectivity index is 1.86. The predicted molar refractivity (Wildman–Crippen MR) is 82.9 cm³/mol. The fraction of sp³-hybridized carbons (Fsp3) is 0.333. The van der Waals surface area contributed by atoms with E-state index in [1.807, 2.05) is 31.2 Å². The van der Waals surface area contributed by atoms with Gasteiger partial charge in [0.2, 0.25) is 0 Å². The quantitative estimate of drug-likeness (QED) is 0.872. The van der Waals surface area contributed by atoms with Gasteiger partial charge in [-0.15, -0.1) is 11.3 Å². The molecule has 1 atom stereocenters. The van der Waals surface area contributed by atoms with Gasteiger partial charge >= 0.3 is 0 Å². The highest BCUT2D eigenvalue weighted by Crippen LogP contribution is 2.29. The lowest BCUT2D eigenvalue weighted by Gasteiger charge is -2.32. The number of benzene rings is 1. The first-order chi connectivity index (χ1) is 10.1. The summed E-state index contributed by atoms with van der Waals surface area (Å²) in [6.07, 6.45) is -0.199. The van der Waals surface area contributed by atoms with E-state index in [4.69, 9.17) is 4.74 Å². The Hall–Kier alpha value is -1.21. The van der Waals surface area contributed by atoms with Crippen LogP contribution in [0.3, 0.4) is 0 Å². The van der Waals surface area contributed by atoms with Crippen LogP contribution in [0.5, 0.6) is 0 Å². The minimum Gasteiger partial charge on any atom is -0.371 e. The summed E-state index contributed by atoms with van der Waals surface area (Å²) >= 11 is 1.25. The van der Waals surface area contributed by atoms with Crippen LogP contribution in [0.4, 0.5) is 0 Å². The largest absolute Gasteiger partial charge is 0.371 e. The summed E-state index contributed by atoms with van der Waals surface area (Å²) in [5.74, 6) is 0. The van der Waals surface area contributed by atoms with Crippen LogP contribution in [-0.2, 0) is 14.8 Å². The van der Waals surface area contributed by atoms with E-state index in [1.165, 1.54) is 15.6 Å². The molecule has 1 aliphatic rings. The SMILES string of the molecule is Cc1ccccc1C1CN(S(=O)(=O)c2cccs2)CCO1. The van der Waals surface area contributed by atoms with Crippen molar-refractivity contribution in [1.29, 1.82) is 0 Å². The fourth-order valence-corrected chi connectivity index (χ4v) is 5.09. The van der Waals surface area contributed by atoms with Crippen LogP contribution in [0.25, 0.3) is 0 Å². The van der Waals surface area contributed by atoms with Crippen molar-refractivity contribution in [3.63, 3.8) is 0 Å². The van der Waals surface area contributed by atoms with Crippen molar-refractivity contribution < 1.29 is 13.2 Å². The molecule has 21 heavy (non-hydrogen) atoms. The molecule has 0 radical (unpaired) electrons. The average molecular weight is 323 g/mol. The zero-order valence-electron chi connectivity index (χ0n) is 11.7. The van der Waals surface area contributed by atoms with Gasteiger partial charge in [-0.2, -0.15) is 4.31 Å². The number of morpholine rings is 1. The number of hydrogen-bond donors (Lipinski definition) is 0. The standard InChI is InChI=1S/C15H17NO3S2/c1-12-5-2-3-6-13(12)14-11-16(8-9-19-14)21(17,18)15-7-4-10-20-15/h2-7,10,14H,8-9,11H2,1H3. The Morgan fingerprint density at radius 3 is 2.76 bits per heavy atom. The molecule has 0 N–H and O–H groups in total. The highest BCUT2D eigenvalue weighted by atomic mass is 32.2. The van der Waals surface area contributed by atoms with Crippen molar-refractivity contribution >= 4 is 21.4 Å². The van der Waals surface area contributed by atoms with E-state index in [-0.39, 0.29) is 6.10 Å². The van der Waals surface area contributed by atoms with E-state index in [0.29, 0.717) is 23.9 Å². The number of hydrogen-bond acceptors (Lipinski definition) is 4. The first-order valence-electron chi connectivity index (χ1n) is 6.80. The molecule has 1 fully saturated rings. The maximum Gasteiger partial charge on any atom is 0.252 e. The summed E-state index contributed by atoms with van der Waals surface area (Å²) in [6, 6.07) is 11.4. The Bertz CT molecular complexity index is 710. The molecule has 6 heteroatoms. The fourth-order valence-electron chi connectivity index (χ4n) is 2.52. The molecule has 0 aliphatic carbocycles. The van der Waals surface area contributed by atoms with Gasteiger partial charge in [-0.1, -0.05) is 30.3 Å². The molecule has 1 aromatic carbocycles. The van der Waals surface area contributed by atoms with Crippen LogP contribution >= 0.6 is 11.3 Å². The van der Waals surface area contributed by atoms with Crippen molar-refractivity contribution in [2.24, 2.45) is 0 Å². The number of thiophene rings is 1. The highest BCUT2D eigenvalue weighted by molar-refractivity contribution is 7.91. The van der Waals surface area contributed by atoms with Crippen LogP contribution in [0.1, 0.15) is 17.2 Å². The normalized spacial score (nSPS) is 20.5. The van der Waals surface area contributed by atoms with Crippen molar-refractivity contribution in [1.82, 2.24) is 4.31 Å². The van der Waals surface area contributed by atoms with Crippen LogP contribution in [0.15, 0.2) is 46.0 Å². The molecule has 4 nitrogen and oxygen atoms in total. The third-order valence-corrected chi connectivity index (χ3v) is 6.89. The number of sulfonamides is 1. The second-order valence-corrected chi connectivity index (χ2v) is 8.12. The summed E-state index contributed by atoms with van der Waals surface area (Å²) in [7, 11) is -3.40. The van der Waals surface area contributed by atoms with E-state index in [0.717, 1.165) is 11.1 Å². The highest BCUT2D eigenvalue weighted by Gasteiger charge is 2.32. The summed E-state index contributed by atoms with van der Waals surface area (Å²) in [4.78, 5) is 0. The lowest BCUT2D eigenvalue weighted by atomic mass is 10.0. The van der Waals surface area contributed by atoms with E-state index in [9.17, 15) is 8.42 Å². The monoisotopic (exact) mass is 323 g/mol. The second-order valence-electron chi connectivity index (χ2n) is 5.01. The number of aryl methyl sites for hydroxylation is 1. The number of nitrogens with zero attached hydrogens (tertiary/aromatic N) is 1. The molecule has 1 aromatic heterocycles. The van der Waals surface area contributed by atoms with Crippen LogP contribution in [0.2, 0.25) is 0 Å². The van der Waals surface area contributed by atoms with Gasteiger partial charge in [0, 0.05) is 13.1 Å². The van der Waals surface area contributed by atoms with Gasteiger partial charge in [0.1, 0.15) is 4.21 Å². The molecule has 1 aliphatic heterocycles. The topological polar surface area (TPSA) is 46.6 Å². The third-order valence-electron chi connectivity index (χ3n) is 3.65. The molecule has 1 saturated heterocycles. The zero-order chi connectivity index (χ0) is 14.9. The van der Waals surface area contributed by atoms with Gasteiger partial charge in [0.05, 0.1) is 12.7 Å². The van der Waals surface area contributed by atoms with Crippen molar-refractivity contribution in [3.8, 4) is 0 Å². The van der Waals surface area contributed by atoms with E-state index in [2.05, 4.69) is 0 Å². The maximum absolute atomic E-state index is 12.6. The van der Waals surface area contributed by atoms with E-state index in [1.54, 1.807) is 17.5 Å². The molecule has 3 rings (SSSR count). The molecule has 112 valence electrons. The summed E-state index contributed by atoms with van der Waals surface area (Å²) < 4.78 is 32.9. The molecule has 0 bridgehead atoms. The van der Waals surface area contributed by atoms with Gasteiger partial charge < -0.3 is 4.74 Å². The third kappa shape index (κ3) is 2.89. The Labute approximate surface area is 129 Å². The van der Waals surface area contributed by atoms with Crippen molar-refractivity contribution in [2.75, 3.05) is 19.7 Å². The Morgan fingerprint density at radius 2 is 2.05 bits per heavy atom. The molecule has 2 heterocycles. The number of rotatable bonds is 3. The first-order valence-corrected chi connectivity index (χ1v) is 9.12. The molecular formula is C15H17NO3S2. The van der Waals surface area contributed by atoms with Crippen LogP contribution in [0, 0.1) is 6.92 Å². The number of ether oxygens (including phenoxy) is 1. The van der Waals surface area contributed by atoms with E-state index < -0.39 is 10.0 Å². The van der Waals surface area contributed by atoms with Crippen molar-refractivity contribution in [3.05, 3.63) is 52.9 Å². The molecule has 1 unspecified atom stereocenters. The minimum absolute atomic E-state index is 0.199. The molecule has 0 amide bonds. The lowest BCUT2D eigenvalue weighted by molar-refractivity contribution is -0.00283. The molecule has 0 saturated carbocycles. The van der Waals surface area contributed by atoms with Gasteiger partial charge in [-0.25, -0.2) is 8.42 Å². The lowest BCUT2D eigenvalue weighted by Crippen LogP contribution is -2.42. The molecule has 0 spiro atoms. The smallest absolute Gasteiger partial charge is 0.252 e. The van der Waals surface area contributed by atoms with Gasteiger partial charge in [0.25, 0.3) is 10.0 Å².